The third kappa shape index (κ3) is 2.64. The molecule has 0 aliphatic heterocycles. The number of rotatable bonds is 3. The summed E-state index contributed by atoms with van der Waals surface area (Å²) in [7, 11) is 0. The highest BCUT2D eigenvalue weighted by atomic mass is 16.5. The SMILES string of the molecule is Cc1c(/C=C/C(=O)c2ccccc2)[n+](=O)c2ccccc2n1[O-]. The number of hydrogen-bond acceptors (Lipinski definition) is 3. The van der Waals surface area contributed by atoms with Crippen molar-refractivity contribution in [3.8, 4) is 0 Å². The quantitative estimate of drug-likeness (QED) is 0.424. The van der Waals surface area contributed by atoms with Crippen LogP contribution in [0.15, 0.2) is 60.7 Å². The summed E-state index contributed by atoms with van der Waals surface area (Å²) in [5.41, 5.74) is 1.49. The Morgan fingerprint density at radius 1 is 1.09 bits per heavy atom. The van der Waals surface area contributed by atoms with Gasteiger partial charge in [0.25, 0.3) is 11.2 Å². The van der Waals surface area contributed by atoms with Crippen molar-refractivity contribution in [1.29, 1.82) is 0 Å². The van der Waals surface area contributed by atoms with Crippen LogP contribution in [0.1, 0.15) is 21.7 Å². The maximum Gasteiger partial charge on any atom is 0.286 e. The molecule has 3 rings (SSSR count). The molecule has 0 spiro atoms. The lowest BCUT2D eigenvalue weighted by Gasteiger charge is -2.15. The van der Waals surface area contributed by atoms with E-state index >= 15 is 0 Å². The Labute approximate surface area is 132 Å². The zero-order valence-corrected chi connectivity index (χ0v) is 12.5. The van der Waals surface area contributed by atoms with Gasteiger partial charge in [0, 0.05) is 22.6 Å². The number of allylic oxidation sites excluding steroid dienone is 1. The zero-order chi connectivity index (χ0) is 16.4. The van der Waals surface area contributed by atoms with E-state index in [2.05, 4.69) is 0 Å². The van der Waals surface area contributed by atoms with Gasteiger partial charge in [-0.1, -0.05) is 42.5 Å². The molecule has 0 saturated carbocycles. The molecule has 0 unspecified atom stereocenters. The Bertz CT molecular complexity index is 973. The minimum atomic E-state index is -0.226. The van der Waals surface area contributed by atoms with E-state index in [0.29, 0.717) is 20.2 Å². The van der Waals surface area contributed by atoms with E-state index in [-0.39, 0.29) is 22.7 Å². The Kier molecular flexibility index (Phi) is 3.76. The van der Waals surface area contributed by atoms with Crippen LogP contribution in [0.25, 0.3) is 17.1 Å². The highest BCUT2D eigenvalue weighted by Gasteiger charge is 2.17. The van der Waals surface area contributed by atoms with Crippen LogP contribution in [-0.4, -0.2) is 10.5 Å². The highest BCUT2D eigenvalue weighted by molar-refractivity contribution is 6.06. The molecule has 3 aromatic rings. The predicted molar refractivity (Wildman–Crippen MR) is 88.6 cm³/mol. The Hall–Kier alpha value is -3.21. The Balaban J connectivity index is 2.09. The van der Waals surface area contributed by atoms with Crippen LogP contribution in [0.4, 0.5) is 0 Å². The van der Waals surface area contributed by atoms with Gasteiger partial charge >= 0.3 is 0 Å². The fourth-order valence-corrected chi connectivity index (χ4v) is 2.41. The van der Waals surface area contributed by atoms with Crippen molar-refractivity contribution in [1.82, 2.24) is 4.73 Å². The zero-order valence-electron chi connectivity index (χ0n) is 12.5. The molecule has 0 saturated heterocycles. The molecule has 0 aliphatic rings. The average molecular weight is 306 g/mol. The fraction of sp³-hybridized carbons (Fsp3) is 0.0556. The smallest absolute Gasteiger partial charge is 0.286 e. The summed E-state index contributed by atoms with van der Waals surface area (Å²) in [6, 6.07) is 15.3. The van der Waals surface area contributed by atoms with Gasteiger partial charge in [0.05, 0.1) is 10.1 Å². The summed E-state index contributed by atoms with van der Waals surface area (Å²) in [5.74, 6) is -0.226. The summed E-state index contributed by atoms with van der Waals surface area (Å²) in [6.45, 7) is 1.56. The molecule has 1 heterocycles. The lowest BCUT2D eigenvalue weighted by molar-refractivity contribution is -0.467. The maximum absolute atomic E-state index is 12.5. The lowest BCUT2D eigenvalue weighted by atomic mass is 10.1. The molecule has 0 fully saturated rings. The number of hydrogen-bond donors (Lipinski definition) is 0. The molecule has 1 aromatic heterocycles. The summed E-state index contributed by atoms with van der Waals surface area (Å²) < 4.78 is 1.38. The molecule has 0 aliphatic carbocycles. The van der Waals surface area contributed by atoms with Crippen LogP contribution in [0.3, 0.4) is 0 Å². The van der Waals surface area contributed by atoms with E-state index in [0.717, 1.165) is 0 Å². The van der Waals surface area contributed by atoms with Crippen molar-refractivity contribution in [2.24, 2.45) is 0 Å². The minimum Gasteiger partial charge on any atom is -0.805 e. The molecule has 0 bridgehead atoms. The van der Waals surface area contributed by atoms with Crippen molar-refractivity contribution in [3.63, 3.8) is 0 Å². The van der Waals surface area contributed by atoms with Crippen LogP contribution in [-0.2, 0) is 0 Å². The topological polar surface area (TPSA) is 68.0 Å². The van der Waals surface area contributed by atoms with E-state index < -0.39 is 0 Å². The largest absolute Gasteiger partial charge is 0.805 e. The molecule has 5 heteroatoms. The van der Waals surface area contributed by atoms with E-state index in [4.69, 9.17) is 0 Å². The Morgan fingerprint density at radius 3 is 2.48 bits per heavy atom. The third-order valence-electron chi connectivity index (χ3n) is 3.66. The van der Waals surface area contributed by atoms with Crippen LogP contribution in [0.5, 0.6) is 0 Å². The van der Waals surface area contributed by atoms with Crippen molar-refractivity contribution in [3.05, 3.63) is 87.7 Å². The second kappa shape index (κ2) is 5.88. The molecule has 5 nitrogen and oxygen atoms in total. The third-order valence-corrected chi connectivity index (χ3v) is 3.66. The van der Waals surface area contributed by atoms with Gasteiger partial charge in [-0.2, -0.15) is 0 Å². The summed E-state index contributed by atoms with van der Waals surface area (Å²) >= 11 is 0. The van der Waals surface area contributed by atoms with Gasteiger partial charge in [-0.25, -0.2) is 0 Å². The van der Waals surface area contributed by atoms with Crippen LogP contribution < -0.4 is 4.43 Å². The predicted octanol–water partition coefficient (Wildman–Crippen LogP) is 3.11. The molecule has 2 aromatic carbocycles. The molecule has 0 atom stereocenters. The molecular formula is C18H14N2O3. The second-order valence-electron chi connectivity index (χ2n) is 5.11. The summed E-state index contributed by atoms with van der Waals surface area (Å²) in [5, 5.41) is 12.3. The molecule has 23 heavy (non-hydrogen) atoms. The summed E-state index contributed by atoms with van der Waals surface area (Å²) in [6.07, 6.45) is 2.69. The first kappa shape index (κ1) is 14.7. The van der Waals surface area contributed by atoms with E-state index in [9.17, 15) is 14.9 Å². The van der Waals surface area contributed by atoms with Gasteiger partial charge in [-0.05, 0) is 19.1 Å². The van der Waals surface area contributed by atoms with Crippen molar-refractivity contribution < 1.29 is 9.22 Å². The molecule has 0 radical (unpaired) electrons. The van der Waals surface area contributed by atoms with Gasteiger partial charge in [-0.3, -0.25) is 4.79 Å². The van der Waals surface area contributed by atoms with Gasteiger partial charge in [0.15, 0.2) is 5.78 Å². The van der Waals surface area contributed by atoms with Crippen LogP contribution >= 0.6 is 0 Å². The Morgan fingerprint density at radius 2 is 1.74 bits per heavy atom. The van der Waals surface area contributed by atoms with Gasteiger partial charge in [-0.15, -0.1) is 0 Å². The van der Waals surface area contributed by atoms with Crippen molar-refractivity contribution >= 4 is 22.9 Å². The van der Waals surface area contributed by atoms with E-state index in [1.807, 2.05) is 6.07 Å². The number of benzene rings is 2. The maximum atomic E-state index is 12.5. The first-order chi connectivity index (χ1) is 11.1. The highest BCUT2D eigenvalue weighted by Crippen LogP contribution is 2.14. The van der Waals surface area contributed by atoms with Crippen molar-refractivity contribution in [2.75, 3.05) is 0 Å². The number of carbonyl (C=O) groups is 1. The molecule has 114 valence electrons. The normalized spacial score (nSPS) is 11.2. The number of aromatic nitrogens is 2. The average Bonchev–Trinajstić information content (AvgIpc) is 2.60. The number of fused-ring (bicyclic) bond motifs is 1. The number of nitrogens with zero attached hydrogens (tertiary/aromatic N) is 2. The van der Waals surface area contributed by atoms with Gasteiger partial charge in [0.1, 0.15) is 5.52 Å². The van der Waals surface area contributed by atoms with E-state index in [1.165, 1.54) is 12.2 Å². The molecule has 0 amide bonds. The standard InChI is InChI=1S/C18H14N2O3/c1-13-15(11-12-18(21)14-7-3-2-4-8-14)20(23)17-10-6-5-9-16(17)19(13)22/h2-12H,1H3/b12-11+. The number of ketones is 1. The second-order valence-corrected chi connectivity index (χ2v) is 5.11. The van der Waals surface area contributed by atoms with Gasteiger partial charge < -0.3 is 9.94 Å². The van der Waals surface area contributed by atoms with E-state index in [1.54, 1.807) is 55.5 Å². The molecule has 0 N–H and O–H groups in total. The first-order valence-electron chi connectivity index (χ1n) is 7.11. The van der Waals surface area contributed by atoms with Crippen LogP contribution in [0, 0.1) is 17.0 Å². The number of para-hydroxylation sites is 2. The lowest BCUT2D eigenvalue weighted by Crippen LogP contribution is -2.24. The van der Waals surface area contributed by atoms with Gasteiger partial charge in [0.2, 0.25) is 0 Å². The first-order valence-corrected chi connectivity index (χ1v) is 7.11. The van der Waals surface area contributed by atoms with Crippen molar-refractivity contribution in [2.45, 2.75) is 6.92 Å². The number of carbonyl (C=O) groups excluding carboxylic acids is 1. The molecular weight excluding hydrogens is 292 g/mol. The fourth-order valence-electron chi connectivity index (χ4n) is 2.41. The summed E-state index contributed by atoms with van der Waals surface area (Å²) in [4.78, 5) is 24.6. The minimum absolute atomic E-state index is 0.156. The van der Waals surface area contributed by atoms with Crippen LogP contribution in [0.2, 0.25) is 0 Å². The monoisotopic (exact) mass is 306 g/mol.